The van der Waals surface area contributed by atoms with Gasteiger partial charge in [-0.1, -0.05) is 19.1 Å². The molecule has 2 aliphatic heterocycles. The Morgan fingerprint density at radius 2 is 1.93 bits per heavy atom. The van der Waals surface area contributed by atoms with Crippen LogP contribution in [-0.4, -0.2) is 49.3 Å². The summed E-state index contributed by atoms with van der Waals surface area (Å²) in [5.74, 6) is -0.921. The number of nitriles is 1. The van der Waals surface area contributed by atoms with Crippen LogP contribution in [0.1, 0.15) is 32.3 Å². The molecule has 1 saturated heterocycles. The number of carbonyl (C=O) groups excluding carboxylic acids is 2. The fraction of sp³-hybridized carbons (Fsp3) is 0.381. The van der Waals surface area contributed by atoms with E-state index in [1.807, 2.05) is 13.0 Å². The van der Waals surface area contributed by atoms with E-state index in [4.69, 9.17) is 4.74 Å². The topological polar surface area (TPSA) is 105 Å². The van der Waals surface area contributed by atoms with Gasteiger partial charge in [-0.2, -0.15) is 5.26 Å². The van der Waals surface area contributed by atoms with Crippen LogP contribution in [0.25, 0.3) is 6.08 Å². The summed E-state index contributed by atoms with van der Waals surface area (Å²) in [4.78, 5) is 26.7. The highest BCUT2D eigenvalue weighted by molar-refractivity contribution is 7.91. The molecular weight excluding hydrogens is 392 g/mol. The molecule has 1 atom stereocenters. The van der Waals surface area contributed by atoms with Crippen molar-refractivity contribution in [2.45, 2.75) is 32.7 Å². The second-order valence-electron chi connectivity index (χ2n) is 7.12. The molecule has 3 rings (SSSR count). The molecule has 0 N–H and O–H groups in total. The van der Waals surface area contributed by atoms with Crippen LogP contribution in [0.3, 0.4) is 0 Å². The summed E-state index contributed by atoms with van der Waals surface area (Å²) in [5, 5.41) is 9.46. The van der Waals surface area contributed by atoms with Gasteiger partial charge in [0.15, 0.2) is 9.84 Å². The molecule has 1 fully saturated rings. The first-order valence-electron chi connectivity index (χ1n) is 9.41. The Kier molecular flexibility index (Phi) is 5.89. The Hall–Kier alpha value is -2.92. The standard InChI is InChI=1S/C21H22N2O5S/c1-3-9-28-17-6-4-15(5-7-17)11-18-14(2)19(12-22)21(25)23(20(18)24)16-8-10-29(26,27)13-16/h4-7,11,16H,3,8-10,13H2,1-2H3/b18-11-/t16-/m0/s1. The Balaban J connectivity index is 1.97. The molecule has 1 aromatic carbocycles. The molecular formula is C21H22N2O5S. The molecule has 2 amide bonds. The Morgan fingerprint density at radius 1 is 1.24 bits per heavy atom. The number of imide groups is 1. The van der Waals surface area contributed by atoms with Crippen LogP contribution in [0.4, 0.5) is 0 Å². The molecule has 0 saturated carbocycles. The van der Waals surface area contributed by atoms with Crippen molar-refractivity contribution in [2.75, 3.05) is 18.1 Å². The van der Waals surface area contributed by atoms with E-state index in [0.717, 1.165) is 11.3 Å². The molecule has 0 bridgehead atoms. The van der Waals surface area contributed by atoms with Crippen molar-refractivity contribution < 1.29 is 22.7 Å². The molecule has 0 spiro atoms. The summed E-state index contributed by atoms with van der Waals surface area (Å²) in [7, 11) is -3.30. The van der Waals surface area contributed by atoms with Crippen LogP contribution in [0, 0.1) is 11.3 Å². The first kappa shape index (κ1) is 20.8. The number of carbonyl (C=O) groups is 2. The highest BCUT2D eigenvalue weighted by Crippen LogP contribution is 2.31. The van der Waals surface area contributed by atoms with Crippen molar-refractivity contribution in [1.29, 1.82) is 5.26 Å². The minimum atomic E-state index is -3.30. The van der Waals surface area contributed by atoms with Crippen molar-refractivity contribution in [3.05, 3.63) is 46.5 Å². The average molecular weight is 414 g/mol. The van der Waals surface area contributed by atoms with Crippen molar-refractivity contribution in [3.63, 3.8) is 0 Å². The highest BCUT2D eigenvalue weighted by atomic mass is 32.2. The van der Waals surface area contributed by atoms with Crippen LogP contribution < -0.4 is 4.74 Å². The highest BCUT2D eigenvalue weighted by Gasteiger charge is 2.43. The number of rotatable bonds is 5. The maximum absolute atomic E-state index is 13.1. The van der Waals surface area contributed by atoms with E-state index < -0.39 is 27.7 Å². The second-order valence-corrected chi connectivity index (χ2v) is 9.35. The molecule has 2 heterocycles. The third kappa shape index (κ3) is 4.25. The van der Waals surface area contributed by atoms with Gasteiger partial charge in [0, 0.05) is 5.57 Å². The lowest BCUT2D eigenvalue weighted by molar-refractivity contribution is -0.142. The minimum Gasteiger partial charge on any atom is -0.494 e. The minimum absolute atomic E-state index is 0.0718. The third-order valence-electron chi connectivity index (χ3n) is 5.01. The Morgan fingerprint density at radius 3 is 2.48 bits per heavy atom. The van der Waals surface area contributed by atoms with E-state index in [0.29, 0.717) is 23.5 Å². The van der Waals surface area contributed by atoms with Gasteiger partial charge in [0.1, 0.15) is 17.4 Å². The fourth-order valence-electron chi connectivity index (χ4n) is 3.46. The first-order chi connectivity index (χ1) is 13.8. The molecule has 0 unspecified atom stereocenters. The predicted octanol–water partition coefficient (Wildman–Crippen LogP) is 2.25. The fourth-order valence-corrected chi connectivity index (χ4v) is 5.16. The van der Waals surface area contributed by atoms with Crippen LogP contribution >= 0.6 is 0 Å². The van der Waals surface area contributed by atoms with E-state index in [-0.39, 0.29) is 29.1 Å². The molecule has 29 heavy (non-hydrogen) atoms. The van der Waals surface area contributed by atoms with Crippen LogP contribution in [0.15, 0.2) is 41.0 Å². The summed E-state index contributed by atoms with van der Waals surface area (Å²) in [6, 6.07) is 8.26. The molecule has 0 aromatic heterocycles. The van der Waals surface area contributed by atoms with E-state index in [9.17, 15) is 23.3 Å². The zero-order chi connectivity index (χ0) is 21.2. The number of benzene rings is 1. The maximum Gasteiger partial charge on any atom is 0.271 e. The van der Waals surface area contributed by atoms with Crippen LogP contribution in [-0.2, 0) is 19.4 Å². The van der Waals surface area contributed by atoms with Crippen molar-refractivity contribution in [3.8, 4) is 11.8 Å². The van der Waals surface area contributed by atoms with Gasteiger partial charge in [-0.15, -0.1) is 0 Å². The van der Waals surface area contributed by atoms with E-state index in [2.05, 4.69) is 0 Å². The first-order valence-corrected chi connectivity index (χ1v) is 11.2. The number of nitrogens with zero attached hydrogens (tertiary/aromatic N) is 2. The van der Waals surface area contributed by atoms with Gasteiger partial charge in [0.25, 0.3) is 11.8 Å². The lowest BCUT2D eigenvalue weighted by atomic mass is 9.92. The molecule has 0 radical (unpaired) electrons. The number of sulfone groups is 1. The van der Waals surface area contributed by atoms with Gasteiger partial charge >= 0.3 is 0 Å². The predicted molar refractivity (Wildman–Crippen MR) is 107 cm³/mol. The summed E-state index contributed by atoms with van der Waals surface area (Å²) in [6.07, 6.45) is 2.69. The normalized spacial score (nSPS) is 22.9. The summed E-state index contributed by atoms with van der Waals surface area (Å²) in [6.45, 7) is 4.17. The van der Waals surface area contributed by atoms with Crippen LogP contribution in [0.5, 0.6) is 5.75 Å². The maximum atomic E-state index is 13.1. The summed E-state index contributed by atoms with van der Waals surface area (Å²) < 4.78 is 29.2. The zero-order valence-electron chi connectivity index (χ0n) is 16.3. The van der Waals surface area contributed by atoms with Crippen molar-refractivity contribution in [2.24, 2.45) is 0 Å². The molecule has 8 heteroatoms. The lowest BCUT2D eigenvalue weighted by Crippen LogP contribution is -2.49. The summed E-state index contributed by atoms with van der Waals surface area (Å²) >= 11 is 0. The van der Waals surface area contributed by atoms with Crippen molar-refractivity contribution in [1.82, 2.24) is 4.90 Å². The lowest BCUT2D eigenvalue weighted by Gasteiger charge is -2.31. The van der Waals surface area contributed by atoms with Crippen LogP contribution in [0.2, 0.25) is 0 Å². The average Bonchev–Trinajstić information content (AvgIpc) is 3.04. The molecule has 2 aliphatic rings. The Labute approximate surface area is 170 Å². The van der Waals surface area contributed by atoms with Gasteiger partial charge in [-0.25, -0.2) is 8.42 Å². The van der Waals surface area contributed by atoms with Gasteiger partial charge < -0.3 is 4.74 Å². The number of amides is 2. The third-order valence-corrected chi connectivity index (χ3v) is 6.76. The molecule has 152 valence electrons. The molecule has 7 nitrogen and oxygen atoms in total. The van der Waals surface area contributed by atoms with Gasteiger partial charge in [-0.05, 0) is 49.1 Å². The monoisotopic (exact) mass is 414 g/mol. The quantitative estimate of drug-likeness (QED) is 0.541. The Bertz CT molecular complexity index is 1050. The SMILES string of the molecule is CCCOc1ccc(/C=C2\C(=O)N([C@H]3CCS(=O)(=O)C3)C(=O)C(C#N)=C2C)cc1. The second kappa shape index (κ2) is 8.21. The molecule has 1 aromatic rings. The number of hydrogen-bond donors (Lipinski definition) is 0. The van der Waals surface area contributed by atoms with E-state index >= 15 is 0 Å². The zero-order valence-corrected chi connectivity index (χ0v) is 17.2. The van der Waals surface area contributed by atoms with Gasteiger partial charge in [0.2, 0.25) is 0 Å². The van der Waals surface area contributed by atoms with Gasteiger partial charge in [-0.3, -0.25) is 14.5 Å². The largest absolute Gasteiger partial charge is 0.494 e. The number of ether oxygens (including phenoxy) is 1. The molecule has 0 aliphatic carbocycles. The van der Waals surface area contributed by atoms with E-state index in [1.54, 1.807) is 37.3 Å². The van der Waals surface area contributed by atoms with E-state index in [1.165, 1.54) is 0 Å². The summed E-state index contributed by atoms with van der Waals surface area (Å²) in [5.41, 5.74) is 1.09. The smallest absolute Gasteiger partial charge is 0.271 e. The number of hydrogen-bond acceptors (Lipinski definition) is 6. The van der Waals surface area contributed by atoms with Gasteiger partial charge in [0.05, 0.1) is 24.2 Å². The van der Waals surface area contributed by atoms with Crippen molar-refractivity contribution >= 4 is 27.7 Å².